The van der Waals surface area contributed by atoms with Gasteiger partial charge in [0.15, 0.2) is 0 Å². The summed E-state index contributed by atoms with van der Waals surface area (Å²) < 4.78 is 4.71. The van der Waals surface area contributed by atoms with Crippen LogP contribution in [0.15, 0.2) is 0 Å². The fraction of sp³-hybridized carbons (Fsp3) is 0.857. The standard InChI is InChI=1S/C21H34N2O5S/c1-5-8-13(4)22-18(25)17-21-12(3)11-14(29-21)15(20(27)28-6-2)16(21)19(26)23(17)9-7-10-24/h12-17,24H,5-11H2,1-4H3,(H,22,25)/t12?,13?,14-,15+,16-,17?,21?/m0/s1. The average Bonchev–Trinajstić information content (AvgIpc) is 3.24. The predicted octanol–water partition coefficient (Wildman–Crippen LogP) is 1.57. The van der Waals surface area contributed by atoms with E-state index in [-0.39, 0.29) is 48.2 Å². The van der Waals surface area contributed by atoms with Crippen LogP contribution in [0.2, 0.25) is 0 Å². The SMILES string of the molecule is CCCC(C)NC(=O)C1N(CCCO)C(=O)[C@@H]2[C@H](C(=O)OCC)[C@@H]3CC(C)C12S3. The summed E-state index contributed by atoms with van der Waals surface area (Å²) in [5, 5.41) is 12.5. The number of aliphatic hydroxyl groups excluding tert-OH is 1. The summed E-state index contributed by atoms with van der Waals surface area (Å²) in [5.41, 5.74) is 0. The minimum Gasteiger partial charge on any atom is -0.466 e. The molecule has 8 heteroatoms. The number of amides is 2. The highest BCUT2D eigenvalue weighted by Gasteiger charge is 2.76. The van der Waals surface area contributed by atoms with Crippen LogP contribution in [-0.2, 0) is 19.1 Å². The summed E-state index contributed by atoms with van der Waals surface area (Å²) in [7, 11) is 0. The maximum atomic E-state index is 13.5. The molecule has 29 heavy (non-hydrogen) atoms. The molecule has 2 N–H and O–H groups in total. The number of aliphatic hydroxyl groups is 1. The lowest BCUT2D eigenvalue weighted by molar-refractivity contribution is -0.154. The molecule has 0 aliphatic carbocycles. The lowest BCUT2D eigenvalue weighted by Gasteiger charge is -2.38. The second-order valence-corrected chi connectivity index (χ2v) is 10.2. The summed E-state index contributed by atoms with van der Waals surface area (Å²) in [6.07, 6.45) is 3.05. The third-order valence-corrected chi connectivity index (χ3v) is 8.80. The van der Waals surface area contributed by atoms with Crippen molar-refractivity contribution in [2.75, 3.05) is 19.8 Å². The molecule has 3 aliphatic rings. The lowest BCUT2D eigenvalue weighted by Crippen LogP contribution is -2.57. The van der Waals surface area contributed by atoms with E-state index in [9.17, 15) is 19.5 Å². The zero-order chi connectivity index (χ0) is 21.3. The molecule has 3 fully saturated rings. The molecule has 0 aromatic rings. The zero-order valence-corrected chi connectivity index (χ0v) is 18.7. The maximum Gasteiger partial charge on any atom is 0.310 e. The number of likely N-dealkylation sites (tertiary alicyclic amines) is 1. The van der Waals surface area contributed by atoms with Crippen molar-refractivity contribution in [3.05, 3.63) is 0 Å². The van der Waals surface area contributed by atoms with Gasteiger partial charge in [-0.3, -0.25) is 14.4 Å². The largest absolute Gasteiger partial charge is 0.466 e. The number of carbonyl (C=O) groups excluding carboxylic acids is 3. The van der Waals surface area contributed by atoms with Gasteiger partial charge in [-0.1, -0.05) is 20.3 Å². The number of esters is 1. The second kappa shape index (κ2) is 8.84. The number of nitrogens with zero attached hydrogens (tertiary/aromatic N) is 1. The molecule has 3 aliphatic heterocycles. The molecule has 3 saturated heterocycles. The van der Waals surface area contributed by atoms with Crippen molar-refractivity contribution in [3.8, 4) is 0 Å². The first kappa shape index (κ1) is 22.4. The van der Waals surface area contributed by atoms with Crippen LogP contribution in [0.25, 0.3) is 0 Å². The van der Waals surface area contributed by atoms with E-state index in [2.05, 4.69) is 19.2 Å². The zero-order valence-electron chi connectivity index (χ0n) is 17.8. The molecule has 0 saturated carbocycles. The van der Waals surface area contributed by atoms with Crippen molar-refractivity contribution in [2.24, 2.45) is 17.8 Å². The first-order valence-corrected chi connectivity index (χ1v) is 11.8. The molecule has 2 bridgehead atoms. The first-order valence-electron chi connectivity index (χ1n) is 10.9. The molecule has 3 heterocycles. The molecule has 164 valence electrons. The quantitative estimate of drug-likeness (QED) is 0.544. The smallest absolute Gasteiger partial charge is 0.310 e. The average molecular weight is 427 g/mol. The topological polar surface area (TPSA) is 95.9 Å². The number of thioether (sulfide) groups is 1. The molecule has 1 spiro atoms. The molecule has 2 amide bonds. The van der Waals surface area contributed by atoms with Gasteiger partial charge in [0.25, 0.3) is 0 Å². The van der Waals surface area contributed by atoms with Crippen LogP contribution in [0.3, 0.4) is 0 Å². The third-order valence-electron chi connectivity index (χ3n) is 6.72. The van der Waals surface area contributed by atoms with E-state index in [1.54, 1.807) is 23.6 Å². The minimum absolute atomic E-state index is 0.0151. The molecule has 4 unspecified atom stereocenters. The van der Waals surface area contributed by atoms with Crippen molar-refractivity contribution in [1.29, 1.82) is 0 Å². The molecule has 0 radical (unpaired) electrons. The lowest BCUT2D eigenvalue weighted by atomic mass is 9.66. The Labute approximate surface area is 177 Å². The van der Waals surface area contributed by atoms with Crippen molar-refractivity contribution in [2.45, 2.75) is 75.5 Å². The third kappa shape index (κ3) is 3.56. The highest BCUT2D eigenvalue weighted by atomic mass is 32.2. The van der Waals surface area contributed by atoms with Gasteiger partial charge in [-0.15, -0.1) is 11.8 Å². The van der Waals surface area contributed by atoms with E-state index in [1.807, 2.05) is 6.92 Å². The van der Waals surface area contributed by atoms with Gasteiger partial charge in [0, 0.05) is 24.4 Å². The van der Waals surface area contributed by atoms with Gasteiger partial charge >= 0.3 is 5.97 Å². The molecule has 7 atom stereocenters. The van der Waals surface area contributed by atoms with Crippen molar-refractivity contribution in [1.82, 2.24) is 10.2 Å². The van der Waals surface area contributed by atoms with Crippen LogP contribution in [0, 0.1) is 17.8 Å². The summed E-state index contributed by atoms with van der Waals surface area (Å²) in [5.74, 6) is -1.47. The number of ether oxygens (including phenoxy) is 1. The summed E-state index contributed by atoms with van der Waals surface area (Å²) in [6.45, 7) is 8.48. The fourth-order valence-electron chi connectivity index (χ4n) is 5.63. The number of nitrogens with one attached hydrogen (secondary N) is 1. The van der Waals surface area contributed by atoms with Gasteiger partial charge < -0.3 is 20.1 Å². The monoisotopic (exact) mass is 426 g/mol. The second-order valence-electron chi connectivity index (χ2n) is 8.61. The van der Waals surface area contributed by atoms with Crippen molar-refractivity contribution in [3.63, 3.8) is 0 Å². The molecule has 0 aromatic heterocycles. The number of carbonyl (C=O) groups is 3. The number of fused-ring (bicyclic) bond motifs is 1. The number of hydrogen-bond donors (Lipinski definition) is 2. The van der Waals surface area contributed by atoms with Crippen molar-refractivity contribution >= 4 is 29.5 Å². The van der Waals surface area contributed by atoms with E-state index in [4.69, 9.17) is 4.74 Å². The van der Waals surface area contributed by atoms with Gasteiger partial charge in [-0.2, -0.15) is 0 Å². The summed E-state index contributed by atoms with van der Waals surface area (Å²) in [4.78, 5) is 41.3. The van der Waals surface area contributed by atoms with Crippen LogP contribution < -0.4 is 5.32 Å². The Morgan fingerprint density at radius 2 is 2.14 bits per heavy atom. The van der Waals surface area contributed by atoms with Crippen LogP contribution in [-0.4, -0.2) is 69.6 Å². The van der Waals surface area contributed by atoms with Gasteiger partial charge in [0.05, 0.1) is 23.2 Å². The normalized spacial score (nSPS) is 36.2. The molecule has 7 nitrogen and oxygen atoms in total. The van der Waals surface area contributed by atoms with E-state index < -0.39 is 22.6 Å². The molecular weight excluding hydrogens is 392 g/mol. The summed E-state index contributed by atoms with van der Waals surface area (Å²) in [6, 6.07) is -0.590. The van der Waals surface area contributed by atoms with E-state index >= 15 is 0 Å². The Hall–Kier alpha value is -1.28. The van der Waals surface area contributed by atoms with Gasteiger partial charge in [-0.25, -0.2) is 0 Å². The highest BCUT2D eigenvalue weighted by molar-refractivity contribution is 8.02. The van der Waals surface area contributed by atoms with Crippen LogP contribution in [0.5, 0.6) is 0 Å². The van der Waals surface area contributed by atoms with E-state index in [0.717, 1.165) is 19.3 Å². The number of hydrogen-bond acceptors (Lipinski definition) is 6. The number of rotatable bonds is 9. The highest BCUT2D eigenvalue weighted by Crippen LogP contribution is 2.68. The first-order chi connectivity index (χ1) is 13.8. The van der Waals surface area contributed by atoms with Gasteiger partial charge in [0.1, 0.15) is 6.04 Å². The Bertz CT molecular complexity index is 659. The van der Waals surface area contributed by atoms with Crippen LogP contribution in [0.1, 0.15) is 53.4 Å². The Balaban J connectivity index is 1.97. The van der Waals surface area contributed by atoms with E-state index in [0.29, 0.717) is 13.0 Å². The van der Waals surface area contributed by atoms with Crippen molar-refractivity contribution < 1.29 is 24.2 Å². The van der Waals surface area contributed by atoms with Gasteiger partial charge in [-0.05, 0) is 39.0 Å². The van der Waals surface area contributed by atoms with E-state index in [1.165, 1.54) is 0 Å². The molecule has 3 rings (SSSR count). The Kier molecular flexibility index (Phi) is 6.83. The van der Waals surface area contributed by atoms with Gasteiger partial charge in [0.2, 0.25) is 11.8 Å². The fourth-order valence-corrected chi connectivity index (χ4v) is 8.04. The summed E-state index contributed by atoms with van der Waals surface area (Å²) >= 11 is 1.65. The minimum atomic E-state index is -0.615. The predicted molar refractivity (Wildman–Crippen MR) is 111 cm³/mol. The Morgan fingerprint density at radius 3 is 2.76 bits per heavy atom. The van der Waals surface area contributed by atoms with Crippen LogP contribution >= 0.6 is 11.8 Å². The molecule has 0 aromatic carbocycles. The maximum absolute atomic E-state index is 13.5. The van der Waals surface area contributed by atoms with Crippen LogP contribution in [0.4, 0.5) is 0 Å². The Morgan fingerprint density at radius 1 is 1.41 bits per heavy atom. The molecular formula is C21H34N2O5S.